The number of anilines is 1. The summed E-state index contributed by atoms with van der Waals surface area (Å²) < 4.78 is 1.85. The predicted octanol–water partition coefficient (Wildman–Crippen LogP) is 4.37. The third-order valence-corrected chi connectivity index (χ3v) is 4.83. The summed E-state index contributed by atoms with van der Waals surface area (Å²) in [5.41, 5.74) is 4.90. The highest BCUT2D eigenvalue weighted by Crippen LogP contribution is 2.26. The van der Waals surface area contributed by atoms with Crippen LogP contribution in [0.4, 0.5) is 5.69 Å². The molecule has 2 heterocycles. The Morgan fingerprint density at radius 2 is 1.62 bits per heavy atom. The Morgan fingerprint density at radius 1 is 0.931 bits per heavy atom. The number of nitrogens with zero attached hydrogens (tertiary/aromatic N) is 5. The third kappa shape index (κ3) is 3.61. The fourth-order valence-corrected chi connectivity index (χ4v) is 3.24. The van der Waals surface area contributed by atoms with E-state index >= 15 is 0 Å². The lowest BCUT2D eigenvalue weighted by molar-refractivity contribution is -0.114. The number of carbonyl (C=O) groups excluding carboxylic acids is 1. The van der Waals surface area contributed by atoms with Gasteiger partial charge in [0.25, 0.3) is 5.91 Å². The fraction of sp³-hybridized carbons (Fsp3) is 0.217. The first-order chi connectivity index (χ1) is 13.8. The van der Waals surface area contributed by atoms with Crippen LogP contribution in [-0.4, -0.2) is 26.6 Å². The molecule has 0 atom stereocenters. The van der Waals surface area contributed by atoms with E-state index in [2.05, 4.69) is 36.2 Å². The molecule has 0 fully saturated rings. The number of para-hydroxylation sites is 1. The van der Waals surface area contributed by atoms with E-state index in [1.54, 1.807) is 6.20 Å². The molecule has 0 aliphatic carbocycles. The van der Waals surface area contributed by atoms with Crippen LogP contribution in [0.5, 0.6) is 0 Å². The molecule has 0 N–H and O–H groups in total. The number of carbonyl (C=O) groups is 1. The second kappa shape index (κ2) is 7.13. The first-order valence-electron chi connectivity index (χ1n) is 9.53. The van der Waals surface area contributed by atoms with Crippen molar-refractivity contribution in [2.75, 3.05) is 5.01 Å². The molecule has 2 aromatic carbocycles. The molecule has 0 saturated heterocycles. The Morgan fingerprint density at radius 3 is 2.28 bits per heavy atom. The Hall–Kier alpha value is -3.54. The monoisotopic (exact) mass is 385 g/mol. The maximum absolute atomic E-state index is 12.9. The minimum atomic E-state index is -0.121. The van der Waals surface area contributed by atoms with Gasteiger partial charge in [-0.05, 0) is 42.8 Å². The molecule has 1 aliphatic rings. The Labute approximate surface area is 170 Å². The van der Waals surface area contributed by atoms with Crippen molar-refractivity contribution < 1.29 is 4.79 Å². The highest BCUT2D eigenvalue weighted by Gasteiger charge is 2.28. The van der Waals surface area contributed by atoms with E-state index in [-0.39, 0.29) is 11.3 Å². The minimum absolute atomic E-state index is 0.0606. The molecular weight excluding hydrogens is 362 g/mol. The van der Waals surface area contributed by atoms with Gasteiger partial charge in [-0.1, -0.05) is 56.3 Å². The maximum atomic E-state index is 12.9. The van der Waals surface area contributed by atoms with Crippen molar-refractivity contribution in [2.45, 2.75) is 33.1 Å². The summed E-state index contributed by atoms with van der Waals surface area (Å²) >= 11 is 0. The zero-order valence-electron chi connectivity index (χ0n) is 17.0. The van der Waals surface area contributed by atoms with Crippen molar-refractivity contribution in [3.05, 3.63) is 77.6 Å². The average molecular weight is 385 g/mol. The van der Waals surface area contributed by atoms with Gasteiger partial charge in [0, 0.05) is 5.41 Å². The summed E-state index contributed by atoms with van der Waals surface area (Å²) in [4.78, 5) is 12.9. The molecule has 0 spiro atoms. The molecule has 146 valence electrons. The Kier molecular flexibility index (Phi) is 4.62. The number of amides is 1. The highest BCUT2D eigenvalue weighted by atomic mass is 16.2. The van der Waals surface area contributed by atoms with Gasteiger partial charge in [0.2, 0.25) is 0 Å². The summed E-state index contributed by atoms with van der Waals surface area (Å²) in [7, 11) is 0. The van der Waals surface area contributed by atoms with Crippen molar-refractivity contribution in [2.24, 2.45) is 5.10 Å². The minimum Gasteiger partial charge on any atom is -0.267 e. The Balaban J connectivity index is 1.61. The van der Waals surface area contributed by atoms with Crippen LogP contribution in [0.15, 0.2) is 71.5 Å². The summed E-state index contributed by atoms with van der Waals surface area (Å²) in [6.45, 7) is 8.25. The fourth-order valence-electron chi connectivity index (χ4n) is 3.24. The van der Waals surface area contributed by atoms with E-state index in [1.165, 1.54) is 5.01 Å². The van der Waals surface area contributed by atoms with Gasteiger partial charge in [-0.2, -0.15) is 10.1 Å². The van der Waals surface area contributed by atoms with Crippen molar-refractivity contribution in [3.8, 4) is 5.69 Å². The predicted molar refractivity (Wildman–Crippen MR) is 115 cm³/mol. The Bertz CT molecular complexity index is 1100. The van der Waals surface area contributed by atoms with Crippen LogP contribution in [0.1, 0.15) is 39.0 Å². The first-order valence-corrected chi connectivity index (χ1v) is 9.53. The standard InChI is InChI=1S/C23H23N5O/c1-16-20(22(29)28(25-16)18-8-6-5-7-9-18)14-17-10-12-19(13-11-17)27-21(15-24-26-27)23(2,3)4/h5-15H,1-4H3/b20-14+. The van der Waals surface area contributed by atoms with E-state index in [0.717, 1.165) is 22.6 Å². The van der Waals surface area contributed by atoms with Crippen molar-refractivity contribution in [1.82, 2.24) is 15.0 Å². The number of rotatable bonds is 3. The van der Waals surface area contributed by atoms with Crippen molar-refractivity contribution in [1.29, 1.82) is 0 Å². The quantitative estimate of drug-likeness (QED) is 0.629. The van der Waals surface area contributed by atoms with Crippen LogP contribution in [0.3, 0.4) is 0 Å². The molecule has 29 heavy (non-hydrogen) atoms. The van der Waals surface area contributed by atoms with Gasteiger partial charge in [-0.25, -0.2) is 4.68 Å². The number of hydrazone groups is 1. The number of hydrogen-bond acceptors (Lipinski definition) is 4. The first kappa shape index (κ1) is 18.8. The lowest BCUT2D eigenvalue weighted by Crippen LogP contribution is -2.21. The van der Waals surface area contributed by atoms with E-state index < -0.39 is 0 Å². The van der Waals surface area contributed by atoms with Crippen molar-refractivity contribution in [3.63, 3.8) is 0 Å². The molecule has 0 unspecified atom stereocenters. The lowest BCUT2D eigenvalue weighted by atomic mass is 9.92. The van der Waals surface area contributed by atoms with Gasteiger partial charge in [-0.3, -0.25) is 4.79 Å². The van der Waals surface area contributed by atoms with Crippen LogP contribution >= 0.6 is 0 Å². The van der Waals surface area contributed by atoms with Gasteiger partial charge < -0.3 is 0 Å². The molecule has 0 radical (unpaired) electrons. The molecule has 6 heteroatoms. The van der Waals surface area contributed by atoms with Crippen LogP contribution in [0.25, 0.3) is 11.8 Å². The van der Waals surface area contributed by atoms with Crippen LogP contribution in [0.2, 0.25) is 0 Å². The smallest absolute Gasteiger partial charge is 0.267 e. The molecule has 3 aromatic rings. The molecule has 1 aromatic heterocycles. The summed E-state index contributed by atoms with van der Waals surface area (Å²) in [5, 5.41) is 14.2. The molecule has 4 rings (SSSR count). The zero-order chi connectivity index (χ0) is 20.6. The molecule has 0 bridgehead atoms. The number of hydrogen-bond donors (Lipinski definition) is 0. The molecule has 1 aliphatic heterocycles. The van der Waals surface area contributed by atoms with E-state index in [4.69, 9.17) is 0 Å². The third-order valence-electron chi connectivity index (χ3n) is 4.83. The largest absolute Gasteiger partial charge is 0.280 e. The van der Waals surface area contributed by atoms with E-state index in [0.29, 0.717) is 11.3 Å². The van der Waals surface area contributed by atoms with Gasteiger partial charge in [0.15, 0.2) is 0 Å². The molecular formula is C23H23N5O. The molecule has 6 nitrogen and oxygen atoms in total. The van der Waals surface area contributed by atoms with Crippen LogP contribution in [-0.2, 0) is 10.2 Å². The summed E-state index contributed by atoms with van der Waals surface area (Å²) in [6, 6.07) is 17.4. The second-order valence-electron chi connectivity index (χ2n) is 8.07. The van der Waals surface area contributed by atoms with Gasteiger partial charge in [-0.15, -0.1) is 5.10 Å². The van der Waals surface area contributed by atoms with Gasteiger partial charge >= 0.3 is 0 Å². The van der Waals surface area contributed by atoms with Crippen LogP contribution in [0, 0.1) is 0 Å². The van der Waals surface area contributed by atoms with E-state index in [1.807, 2.05) is 72.3 Å². The lowest BCUT2D eigenvalue weighted by Gasteiger charge is -2.19. The zero-order valence-corrected chi connectivity index (χ0v) is 17.0. The van der Waals surface area contributed by atoms with Gasteiger partial charge in [0.05, 0.1) is 34.6 Å². The van der Waals surface area contributed by atoms with Gasteiger partial charge in [0.1, 0.15) is 0 Å². The SMILES string of the molecule is CC1=NN(c2ccccc2)C(=O)/C1=C/c1ccc(-n2nncc2C(C)(C)C)cc1. The second-order valence-corrected chi connectivity index (χ2v) is 8.07. The molecule has 1 amide bonds. The number of aromatic nitrogens is 3. The normalized spacial score (nSPS) is 15.9. The number of benzene rings is 2. The average Bonchev–Trinajstić information content (AvgIpc) is 3.30. The molecule has 0 saturated carbocycles. The topological polar surface area (TPSA) is 63.4 Å². The van der Waals surface area contributed by atoms with E-state index in [9.17, 15) is 4.79 Å². The summed E-state index contributed by atoms with van der Waals surface area (Å²) in [5.74, 6) is -0.121. The maximum Gasteiger partial charge on any atom is 0.280 e. The highest BCUT2D eigenvalue weighted by molar-refractivity contribution is 6.32. The van der Waals surface area contributed by atoms with Crippen LogP contribution < -0.4 is 5.01 Å². The summed E-state index contributed by atoms with van der Waals surface area (Å²) in [6.07, 6.45) is 3.67. The van der Waals surface area contributed by atoms with Crippen molar-refractivity contribution >= 4 is 23.4 Å².